The minimum Gasteiger partial charge on any atom is -0.383 e. The largest absolute Gasteiger partial charge is 0.383 e. The standard InChI is InChI=1S/C23H23N3O3/c1-16(27)19-14-26(21-8-4-3-6-17(19)21)15-23(28)24-20-7-5-9-22-18(20)10-11-25(22)12-13-29-2/h3-11,14H,12-13,15H2,1-2H3,(H,24,28). The number of nitrogens with one attached hydrogen (secondary N) is 1. The summed E-state index contributed by atoms with van der Waals surface area (Å²) in [6.45, 7) is 3.05. The molecule has 2 aromatic heterocycles. The van der Waals surface area contributed by atoms with E-state index in [0.29, 0.717) is 12.2 Å². The van der Waals surface area contributed by atoms with Crippen molar-refractivity contribution in [3.8, 4) is 0 Å². The number of aromatic nitrogens is 2. The summed E-state index contributed by atoms with van der Waals surface area (Å²) in [4.78, 5) is 24.7. The average molecular weight is 389 g/mol. The zero-order chi connectivity index (χ0) is 20.4. The lowest BCUT2D eigenvalue weighted by atomic mass is 10.1. The summed E-state index contributed by atoms with van der Waals surface area (Å²) in [6, 6.07) is 15.5. The van der Waals surface area contributed by atoms with Crippen molar-refractivity contribution in [3.63, 3.8) is 0 Å². The van der Waals surface area contributed by atoms with Gasteiger partial charge in [-0.1, -0.05) is 24.3 Å². The first-order valence-corrected chi connectivity index (χ1v) is 9.54. The van der Waals surface area contributed by atoms with E-state index < -0.39 is 0 Å². The first kappa shape index (κ1) is 19.0. The molecule has 0 aliphatic rings. The molecule has 0 fully saturated rings. The van der Waals surface area contributed by atoms with Crippen LogP contribution in [0.25, 0.3) is 21.8 Å². The second-order valence-corrected chi connectivity index (χ2v) is 7.03. The lowest BCUT2D eigenvalue weighted by Crippen LogP contribution is -2.18. The summed E-state index contributed by atoms with van der Waals surface area (Å²) < 4.78 is 9.09. The van der Waals surface area contributed by atoms with Crippen LogP contribution in [0.3, 0.4) is 0 Å². The Bertz CT molecular complexity index is 1200. The Morgan fingerprint density at radius 1 is 0.966 bits per heavy atom. The molecule has 2 heterocycles. The number of amides is 1. The highest BCUT2D eigenvalue weighted by molar-refractivity contribution is 6.07. The van der Waals surface area contributed by atoms with Gasteiger partial charge in [0.25, 0.3) is 0 Å². The molecule has 2 aromatic carbocycles. The lowest BCUT2D eigenvalue weighted by Gasteiger charge is -2.10. The zero-order valence-corrected chi connectivity index (χ0v) is 16.5. The number of carbonyl (C=O) groups excluding carboxylic acids is 2. The summed E-state index contributed by atoms with van der Waals surface area (Å²) >= 11 is 0. The molecule has 0 radical (unpaired) electrons. The number of fused-ring (bicyclic) bond motifs is 2. The summed E-state index contributed by atoms with van der Waals surface area (Å²) in [5.74, 6) is -0.152. The Hall–Kier alpha value is -3.38. The number of benzene rings is 2. The number of carbonyl (C=O) groups is 2. The number of rotatable bonds is 7. The van der Waals surface area contributed by atoms with Crippen molar-refractivity contribution < 1.29 is 14.3 Å². The fraction of sp³-hybridized carbons (Fsp3) is 0.217. The molecule has 6 heteroatoms. The molecule has 0 bridgehead atoms. The molecule has 0 aliphatic carbocycles. The second-order valence-electron chi connectivity index (χ2n) is 7.03. The molecular weight excluding hydrogens is 366 g/mol. The molecule has 0 saturated heterocycles. The van der Waals surface area contributed by atoms with Crippen LogP contribution in [0, 0.1) is 0 Å². The molecule has 148 valence electrons. The summed E-state index contributed by atoms with van der Waals surface area (Å²) in [5.41, 5.74) is 3.32. The number of hydrogen-bond acceptors (Lipinski definition) is 3. The first-order valence-electron chi connectivity index (χ1n) is 9.54. The molecule has 0 unspecified atom stereocenters. The van der Waals surface area contributed by atoms with Gasteiger partial charge in [0.2, 0.25) is 5.91 Å². The number of para-hydroxylation sites is 1. The van der Waals surface area contributed by atoms with E-state index in [2.05, 4.69) is 9.88 Å². The van der Waals surface area contributed by atoms with Crippen LogP contribution in [-0.2, 0) is 22.6 Å². The Morgan fingerprint density at radius 3 is 2.52 bits per heavy atom. The van der Waals surface area contributed by atoms with E-state index in [-0.39, 0.29) is 18.2 Å². The molecule has 6 nitrogen and oxygen atoms in total. The maximum Gasteiger partial charge on any atom is 0.244 e. The minimum atomic E-state index is -0.141. The van der Waals surface area contributed by atoms with Crippen LogP contribution in [0.5, 0.6) is 0 Å². The van der Waals surface area contributed by atoms with Gasteiger partial charge in [-0.15, -0.1) is 0 Å². The van der Waals surface area contributed by atoms with Gasteiger partial charge in [-0.05, 0) is 31.2 Å². The third-order valence-corrected chi connectivity index (χ3v) is 5.11. The van der Waals surface area contributed by atoms with Crippen molar-refractivity contribution in [1.29, 1.82) is 0 Å². The Balaban J connectivity index is 1.59. The Labute approximate surface area is 168 Å². The van der Waals surface area contributed by atoms with Gasteiger partial charge in [-0.25, -0.2) is 0 Å². The van der Waals surface area contributed by atoms with Crippen LogP contribution in [0.15, 0.2) is 60.9 Å². The highest BCUT2D eigenvalue weighted by Gasteiger charge is 2.14. The SMILES string of the molecule is COCCn1ccc2c(NC(=O)Cn3cc(C(C)=O)c4ccccc43)cccc21. The van der Waals surface area contributed by atoms with Crippen LogP contribution in [0.1, 0.15) is 17.3 Å². The Morgan fingerprint density at radius 2 is 1.72 bits per heavy atom. The van der Waals surface area contributed by atoms with E-state index in [4.69, 9.17) is 4.74 Å². The second kappa shape index (κ2) is 7.93. The van der Waals surface area contributed by atoms with E-state index in [1.807, 2.05) is 59.3 Å². The quantitative estimate of drug-likeness (QED) is 0.484. The lowest BCUT2D eigenvalue weighted by molar-refractivity contribution is -0.116. The summed E-state index contributed by atoms with van der Waals surface area (Å²) in [6.07, 6.45) is 3.76. The number of ketones is 1. The fourth-order valence-electron chi connectivity index (χ4n) is 3.72. The maximum atomic E-state index is 12.8. The monoisotopic (exact) mass is 389 g/mol. The number of anilines is 1. The number of methoxy groups -OCH3 is 1. The molecule has 0 saturated carbocycles. The van der Waals surface area contributed by atoms with Gasteiger partial charge >= 0.3 is 0 Å². The van der Waals surface area contributed by atoms with Crippen molar-refractivity contribution in [3.05, 3.63) is 66.5 Å². The molecule has 29 heavy (non-hydrogen) atoms. The highest BCUT2D eigenvalue weighted by atomic mass is 16.5. The molecular formula is C23H23N3O3. The van der Waals surface area contributed by atoms with E-state index >= 15 is 0 Å². The van der Waals surface area contributed by atoms with Crippen LogP contribution in [0.2, 0.25) is 0 Å². The normalized spacial score (nSPS) is 11.2. The average Bonchev–Trinajstić information content (AvgIpc) is 3.29. The van der Waals surface area contributed by atoms with E-state index in [1.54, 1.807) is 20.2 Å². The molecule has 4 rings (SSSR count). The molecule has 0 atom stereocenters. The topological polar surface area (TPSA) is 65.3 Å². The van der Waals surface area contributed by atoms with Crippen LogP contribution in [-0.4, -0.2) is 34.5 Å². The van der Waals surface area contributed by atoms with Crippen molar-refractivity contribution in [2.45, 2.75) is 20.0 Å². The predicted molar refractivity (Wildman–Crippen MR) is 114 cm³/mol. The zero-order valence-electron chi connectivity index (χ0n) is 16.5. The minimum absolute atomic E-state index is 0.0116. The highest BCUT2D eigenvalue weighted by Crippen LogP contribution is 2.25. The summed E-state index contributed by atoms with van der Waals surface area (Å²) in [5, 5.41) is 4.87. The molecule has 0 spiro atoms. The van der Waals surface area contributed by atoms with Gasteiger partial charge in [0.05, 0.1) is 17.8 Å². The first-order chi connectivity index (χ1) is 14.1. The number of ether oxygens (including phenoxy) is 1. The predicted octanol–water partition coefficient (Wildman–Crippen LogP) is 4.08. The number of hydrogen-bond donors (Lipinski definition) is 1. The van der Waals surface area contributed by atoms with Gasteiger partial charge in [0, 0.05) is 47.9 Å². The molecule has 1 N–H and O–H groups in total. The van der Waals surface area contributed by atoms with E-state index in [1.165, 1.54) is 0 Å². The van der Waals surface area contributed by atoms with Crippen LogP contribution < -0.4 is 5.32 Å². The number of nitrogens with zero attached hydrogens (tertiary/aromatic N) is 2. The third-order valence-electron chi connectivity index (χ3n) is 5.11. The third kappa shape index (κ3) is 3.67. The number of Topliss-reactive ketones (excluding diaryl/α,β-unsaturated/α-hetero) is 1. The van der Waals surface area contributed by atoms with Crippen molar-refractivity contribution >= 4 is 39.2 Å². The van der Waals surface area contributed by atoms with Gasteiger partial charge < -0.3 is 19.2 Å². The van der Waals surface area contributed by atoms with Crippen molar-refractivity contribution in [2.24, 2.45) is 0 Å². The maximum absolute atomic E-state index is 12.8. The Kier molecular flexibility index (Phi) is 5.18. The van der Waals surface area contributed by atoms with Crippen molar-refractivity contribution in [2.75, 3.05) is 19.0 Å². The van der Waals surface area contributed by atoms with Gasteiger partial charge in [0.15, 0.2) is 5.78 Å². The fourth-order valence-corrected chi connectivity index (χ4v) is 3.72. The van der Waals surface area contributed by atoms with E-state index in [9.17, 15) is 9.59 Å². The summed E-state index contributed by atoms with van der Waals surface area (Å²) in [7, 11) is 1.68. The van der Waals surface area contributed by atoms with Gasteiger partial charge in [-0.2, -0.15) is 0 Å². The molecule has 1 amide bonds. The van der Waals surface area contributed by atoms with Crippen LogP contribution >= 0.6 is 0 Å². The van der Waals surface area contributed by atoms with Crippen LogP contribution in [0.4, 0.5) is 5.69 Å². The van der Waals surface area contributed by atoms with Gasteiger partial charge in [-0.3, -0.25) is 9.59 Å². The molecule has 0 aliphatic heterocycles. The van der Waals surface area contributed by atoms with E-state index in [0.717, 1.165) is 34.0 Å². The van der Waals surface area contributed by atoms with Crippen molar-refractivity contribution in [1.82, 2.24) is 9.13 Å². The van der Waals surface area contributed by atoms with Gasteiger partial charge in [0.1, 0.15) is 6.54 Å². The smallest absolute Gasteiger partial charge is 0.244 e. The molecule has 4 aromatic rings.